The van der Waals surface area contributed by atoms with E-state index in [2.05, 4.69) is 4.98 Å². The molecule has 0 aliphatic heterocycles. The van der Waals surface area contributed by atoms with Gasteiger partial charge in [-0.25, -0.2) is 4.98 Å². The molecular weight excluding hydrogens is 144 g/mol. The molecule has 0 atom stereocenters. The molecule has 1 saturated carbocycles. The standard InChI is InChI=1S/C7H10N2S/c1-4-6(5-2-3-5)10-7(8)9-4/h5H,2-3H2,1H3,(H2,8,9). The molecule has 0 unspecified atom stereocenters. The molecule has 2 rings (SSSR count). The number of aryl methyl sites for hydroxylation is 1. The maximum Gasteiger partial charge on any atom is 0.180 e. The number of thiazole rings is 1. The van der Waals surface area contributed by atoms with Gasteiger partial charge in [-0.2, -0.15) is 0 Å². The summed E-state index contributed by atoms with van der Waals surface area (Å²) in [5.41, 5.74) is 6.70. The second kappa shape index (κ2) is 1.95. The van der Waals surface area contributed by atoms with Gasteiger partial charge in [0.05, 0.1) is 5.69 Å². The first-order valence-corrected chi connectivity index (χ1v) is 4.32. The fourth-order valence-electron chi connectivity index (χ4n) is 1.15. The van der Waals surface area contributed by atoms with Gasteiger partial charge in [0, 0.05) is 4.88 Å². The molecule has 1 fully saturated rings. The highest BCUT2D eigenvalue weighted by Gasteiger charge is 2.27. The average molecular weight is 154 g/mol. The van der Waals surface area contributed by atoms with Crippen LogP contribution in [-0.4, -0.2) is 4.98 Å². The van der Waals surface area contributed by atoms with Crippen molar-refractivity contribution in [2.24, 2.45) is 0 Å². The molecular formula is C7H10N2S. The summed E-state index contributed by atoms with van der Waals surface area (Å²) in [6.45, 7) is 2.04. The molecule has 54 valence electrons. The number of nitrogen functional groups attached to an aromatic ring is 1. The summed E-state index contributed by atoms with van der Waals surface area (Å²) in [5, 5.41) is 0.722. The van der Waals surface area contributed by atoms with Gasteiger partial charge < -0.3 is 5.73 Å². The smallest absolute Gasteiger partial charge is 0.180 e. The fraction of sp³-hybridized carbons (Fsp3) is 0.571. The third-order valence-corrected chi connectivity index (χ3v) is 2.95. The molecule has 0 saturated heterocycles. The Labute approximate surface area is 64.1 Å². The first-order chi connectivity index (χ1) is 4.77. The van der Waals surface area contributed by atoms with Crippen LogP contribution in [0.4, 0.5) is 5.13 Å². The van der Waals surface area contributed by atoms with Crippen LogP contribution >= 0.6 is 11.3 Å². The second-order valence-corrected chi connectivity index (χ2v) is 3.84. The van der Waals surface area contributed by atoms with E-state index in [-0.39, 0.29) is 0 Å². The van der Waals surface area contributed by atoms with Gasteiger partial charge in [0.2, 0.25) is 0 Å². The van der Waals surface area contributed by atoms with Gasteiger partial charge in [-0.15, -0.1) is 11.3 Å². The summed E-state index contributed by atoms with van der Waals surface area (Å²) in [6.07, 6.45) is 2.67. The molecule has 1 aliphatic carbocycles. The van der Waals surface area contributed by atoms with Gasteiger partial charge in [0.25, 0.3) is 0 Å². The van der Waals surface area contributed by atoms with Crippen LogP contribution in [0.2, 0.25) is 0 Å². The highest BCUT2D eigenvalue weighted by molar-refractivity contribution is 7.15. The van der Waals surface area contributed by atoms with Crippen molar-refractivity contribution in [2.45, 2.75) is 25.7 Å². The predicted octanol–water partition coefficient (Wildman–Crippen LogP) is 1.91. The summed E-state index contributed by atoms with van der Waals surface area (Å²) < 4.78 is 0. The van der Waals surface area contributed by atoms with Crippen molar-refractivity contribution in [2.75, 3.05) is 5.73 Å². The number of hydrogen-bond acceptors (Lipinski definition) is 3. The highest BCUT2D eigenvalue weighted by atomic mass is 32.1. The first-order valence-electron chi connectivity index (χ1n) is 3.50. The molecule has 0 amide bonds. The average Bonchev–Trinajstić information content (AvgIpc) is 2.61. The van der Waals surface area contributed by atoms with Gasteiger partial charge in [0.1, 0.15) is 0 Å². The SMILES string of the molecule is Cc1nc(N)sc1C1CC1. The minimum Gasteiger partial charge on any atom is -0.375 e. The van der Waals surface area contributed by atoms with E-state index < -0.39 is 0 Å². The highest BCUT2D eigenvalue weighted by Crippen LogP contribution is 2.44. The topological polar surface area (TPSA) is 38.9 Å². The predicted molar refractivity (Wildman–Crippen MR) is 43.2 cm³/mol. The van der Waals surface area contributed by atoms with Crippen LogP contribution in [0.3, 0.4) is 0 Å². The Morgan fingerprint density at radius 2 is 2.30 bits per heavy atom. The lowest BCUT2D eigenvalue weighted by atomic mass is 10.3. The van der Waals surface area contributed by atoms with Gasteiger partial charge in [0.15, 0.2) is 5.13 Å². The Hall–Kier alpha value is -0.570. The van der Waals surface area contributed by atoms with Crippen LogP contribution < -0.4 is 5.73 Å². The van der Waals surface area contributed by atoms with Crippen LogP contribution in [0.5, 0.6) is 0 Å². The van der Waals surface area contributed by atoms with Crippen molar-refractivity contribution < 1.29 is 0 Å². The summed E-state index contributed by atoms with van der Waals surface area (Å²) >= 11 is 1.65. The van der Waals surface area contributed by atoms with Crippen LogP contribution in [0, 0.1) is 6.92 Å². The van der Waals surface area contributed by atoms with Crippen molar-refractivity contribution in [1.82, 2.24) is 4.98 Å². The van der Waals surface area contributed by atoms with E-state index >= 15 is 0 Å². The van der Waals surface area contributed by atoms with E-state index in [0.717, 1.165) is 16.7 Å². The maximum absolute atomic E-state index is 5.55. The van der Waals surface area contributed by atoms with Gasteiger partial charge in [-0.1, -0.05) is 0 Å². The van der Waals surface area contributed by atoms with Gasteiger partial charge in [-0.05, 0) is 25.7 Å². The Balaban J connectivity index is 2.38. The van der Waals surface area contributed by atoms with Crippen LogP contribution in [-0.2, 0) is 0 Å². The normalized spacial score (nSPS) is 17.7. The van der Waals surface area contributed by atoms with Crippen molar-refractivity contribution >= 4 is 16.5 Å². The lowest BCUT2D eigenvalue weighted by Gasteiger charge is -1.88. The van der Waals surface area contributed by atoms with Crippen LogP contribution in [0.25, 0.3) is 0 Å². The minimum absolute atomic E-state index is 0.722. The lowest BCUT2D eigenvalue weighted by Crippen LogP contribution is -1.81. The second-order valence-electron chi connectivity index (χ2n) is 2.78. The summed E-state index contributed by atoms with van der Waals surface area (Å²) in [4.78, 5) is 5.58. The van der Waals surface area contributed by atoms with E-state index in [4.69, 9.17) is 5.73 Å². The molecule has 10 heavy (non-hydrogen) atoms. The van der Waals surface area contributed by atoms with Crippen LogP contribution in [0.15, 0.2) is 0 Å². The molecule has 3 heteroatoms. The molecule has 1 heterocycles. The van der Waals surface area contributed by atoms with Crippen LogP contribution in [0.1, 0.15) is 29.3 Å². The van der Waals surface area contributed by atoms with E-state index in [1.807, 2.05) is 6.92 Å². The molecule has 1 aromatic rings. The lowest BCUT2D eigenvalue weighted by molar-refractivity contribution is 1.11. The number of aromatic nitrogens is 1. The third-order valence-electron chi connectivity index (χ3n) is 1.80. The fourth-order valence-corrected chi connectivity index (χ4v) is 2.16. The summed E-state index contributed by atoms with van der Waals surface area (Å²) in [7, 11) is 0. The zero-order valence-electron chi connectivity index (χ0n) is 5.92. The van der Waals surface area contributed by atoms with Crippen molar-refractivity contribution in [3.8, 4) is 0 Å². The largest absolute Gasteiger partial charge is 0.375 e. The van der Waals surface area contributed by atoms with Crippen molar-refractivity contribution in [1.29, 1.82) is 0 Å². The van der Waals surface area contributed by atoms with E-state index in [1.54, 1.807) is 11.3 Å². The number of anilines is 1. The molecule has 2 N–H and O–H groups in total. The summed E-state index contributed by atoms with van der Waals surface area (Å²) in [6, 6.07) is 0. The molecule has 2 nitrogen and oxygen atoms in total. The first kappa shape index (κ1) is 6.16. The Kier molecular flexibility index (Phi) is 1.20. The van der Waals surface area contributed by atoms with E-state index in [9.17, 15) is 0 Å². The zero-order valence-corrected chi connectivity index (χ0v) is 6.74. The Morgan fingerprint density at radius 3 is 2.70 bits per heavy atom. The zero-order chi connectivity index (χ0) is 7.14. The Morgan fingerprint density at radius 1 is 1.60 bits per heavy atom. The quantitative estimate of drug-likeness (QED) is 0.671. The number of hydrogen-bond donors (Lipinski definition) is 1. The van der Waals surface area contributed by atoms with Crippen molar-refractivity contribution in [3.05, 3.63) is 10.6 Å². The minimum atomic E-state index is 0.722. The molecule has 0 bridgehead atoms. The molecule has 0 radical (unpaired) electrons. The molecule has 0 aromatic carbocycles. The van der Waals surface area contributed by atoms with E-state index in [0.29, 0.717) is 0 Å². The molecule has 1 aliphatic rings. The number of nitrogens with two attached hydrogens (primary N) is 1. The van der Waals surface area contributed by atoms with Gasteiger partial charge >= 0.3 is 0 Å². The van der Waals surface area contributed by atoms with Crippen molar-refractivity contribution in [3.63, 3.8) is 0 Å². The van der Waals surface area contributed by atoms with Gasteiger partial charge in [-0.3, -0.25) is 0 Å². The monoisotopic (exact) mass is 154 g/mol. The summed E-state index contributed by atoms with van der Waals surface area (Å²) in [5.74, 6) is 0.801. The number of rotatable bonds is 1. The molecule has 1 aromatic heterocycles. The maximum atomic E-state index is 5.55. The van der Waals surface area contributed by atoms with E-state index in [1.165, 1.54) is 17.7 Å². The number of nitrogens with zero attached hydrogens (tertiary/aromatic N) is 1. The Bertz CT molecular complexity index is 250. The third kappa shape index (κ3) is 0.904. The molecule has 0 spiro atoms.